The quantitative estimate of drug-likeness (QED) is 0.131. The van der Waals surface area contributed by atoms with Crippen LogP contribution in [0, 0.1) is 0 Å². The maximum Gasteiger partial charge on any atom is 0.291 e. The lowest BCUT2D eigenvalue weighted by molar-refractivity contribution is 0.0817. The molecule has 0 aliphatic carbocycles. The number of ether oxygens (including phenoxy) is 2. The second kappa shape index (κ2) is 10.5. The van der Waals surface area contributed by atoms with Crippen molar-refractivity contribution in [2.45, 2.75) is 39.0 Å². The van der Waals surface area contributed by atoms with Gasteiger partial charge < -0.3 is 19.8 Å². The first-order valence-corrected chi connectivity index (χ1v) is 17.4. The molecule has 0 fully saturated rings. The van der Waals surface area contributed by atoms with E-state index in [1.165, 1.54) is 4.68 Å². The van der Waals surface area contributed by atoms with Crippen molar-refractivity contribution in [3.05, 3.63) is 89.0 Å². The van der Waals surface area contributed by atoms with Gasteiger partial charge >= 0.3 is 0 Å². The van der Waals surface area contributed by atoms with Gasteiger partial charge in [0, 0.05) is 55.7 Å². The van der Waals surface area contributed by atoms with Crippen LogP contribution in [-0.2, 0) is 25.1 Å². The van der Waals surface area contributed by atoms with Crippen molar-refractivity contribution in [3.8, 4) is 11.5 Å². The van der Waals surface area contributed by atoms with Gasteiger partial charge in [0.2, 0.25) is 0 Å². The van der Waals surface area contributed by atoms with Crippen LogP contribution < -0.4 is 16.0 Å². The second-order valence-corrected chi connectivity index (χ2v) is 17.2. The molecule has 0 radical (unpaired) electrons. The SMILES string of the molecule is Cn1c2cc(Oc3cccc(N)c3)ccc2c2cnn(Cc3cccc4c3cnn4COCC[Si](C)(C)C)c(=O)c21. The molecule has 0 spiro atoms. The van der Waals surface area contributed by atoms with Gasteiger partial charge in [0.1, 0.15) is 23.7 Å². The number of nitrogen functional groups attached to an aromatic ring is 1. The van der Waals surface area contributed by atoms with Crippen LogP contribution in [0.4, 0.5) is 5.69 Å². The summed E-state index contributed by atoms with van der Waals surface area (Å²) in [4.78, 5) is 13.7. The molecule has 41 heavy (non-hydrogen) atoms. The fourth-order valence-electron chi connectivity index (χ4n) is 5.12. The van der Waals surface area contributed by atoms with E-state index >= 15 is 0 Å². The average Bonchev–Trinajstić information content (AvgIpc) is 3.47. The summed E-state index contributed by atoms with van der Waals surface area (Å²) < 4.78 is 17.3. The minimum absolute atomic E-state index is 0.154. The Morgan fingerprint density at radius 2 is 1.61 bits per heavy atom. The van der Waals surface area contributed by atoms with Gasteiger partial charge in [-0.3, -0.25) is 4.79 Å². The smallest absolute Gasteiger partial charge is 0.291 e. The first-order chi connectivity index (χ1) is 19.7. The third-order valence-electron chi connectivity index (χ3n) is 7.38. The lowest BCUT2D eigenvalue weighted by Crippen LogP contribution is -2.24. The summed E-state index contributed by atoms with van der Waals surface area (Å²) in [5, 5.41) is 11.9. The fraction of sp³-hybridized carbons (Fsp3) is 0.258. The van der Waals surface area contributed by atoms with Crippen molar-refractivity contribution in [1.82, 2.24) is 24.1 Å². The Hall–Kier alpha value is -4.41. The Bertz CT molecular complexity index is 1950. The highest BCUT2D eigenvalue weighted by molar-refractivity contribution is 6.76. The van der Waals surface area contributed by atoms with Gasteiger partial charge in [-0.15, -0.1) is 0 Å². The lowest BCUT2D eigenvalue weighted by atomic mass is 10.1. The summed E-state index contributed by atoms with van der Waals surface area (Å²) in [6, 6.07) is 20.2. The van der Waals surface area contributed by atoms with E-state index in [1.54, 1.807) is 12.3 Å². The minimum Gasteiger partial charge on any atom is -0.457 e. The summed E-state index contributed by atoms with van der Waals surface area (Å²) in [6.07, 6.45) is 3.61. The van der Waals surface area contributed by atoms with E-state index in [4.69, 9.17) is 15.2 Å². The number of aromatic nitrogens is 5. The summed E-state index contributed by atoms with van der Waals surface area (Å²) >= 11 is 0. The Morgan fingerprint density at radius 1 is 0.854 bits per heavy atom. The molecule has 10 heteroatoms. The monoisotopic (exact) mass is 566 g/mol. The molecule has 0 aliphatic rings. The van der Waals surface area contributed by atoms with Gasteiger partial charge in [-0.1, -0.05) is 37.8 Å². The summed E-state index contributed by atoms with van der Waals surface area (Å²) in [6.45, 7) is 8.49. The first kappa shape index (κ1) is 26.8. The molecule has 6 aromatic rings. The van der Waals surface area contributed by atoms with E-state index in [9.17, 15) is 4.79 Å². The number of aryl methyl sites for hydroxylation is 1. The normalized spacial score (nSPS) is 12.1. The van der Waals surface area contributed by atoms with Crippen LogP contribution in [0.25, 0.3) is 32.7 Å². The molecule has 0 atom stereocenters. The minimum atomic E-state index is -1.15. The fourth-order valence-corrected chi connectivity index (χ4v) is 5.88. The van der Waals surface area contributed by atoms with E-state index in [0.717, 1.165) is 45.4 Å². The second-order valence-electron chi connectivity index (χ2n) is 11.6. The highest BCUT2D eigenvalue weighted by Crippen LogP contribution is 2.31. The van der Waals surface area contributed by atoms with Crippen molar-refractivity contribution in [3.63, 3.8) is 0 Å². The zero-order valence-corrected chi connectivity index (χ0v) is 24.8. The molecule has 0 bridgehead atoms. The Morgan fingerprint density at radius 3 is 2.41 bits per heavy atom. The van der Waals surface area contributed by atoms with Gasteiger partial charge in [0.25, 0.3) is 5.56 Å². The van der Waals surface area contributed by atoms with Crippen molar-refractivity contribution < 1.29 is 9.47 Å². The van der Waals surface area contributed by atoms with Crippen LogP contribution in [0.2, 0.25) is 25.7 Å². The molecule has 0 saturated heterocycles. The van der Waals surface area contributed by atoms with E-state index in [-0.39, 0.29) is 5.56 Å². The van der Waals surface area contributed by atoms with E-state index in [0.29, 0.717) is 36.0 Å². The van der Waals surface area contributed by atoms with Crippen molar-refractivity contribution in [2.24, 2.45) is 7.05 Å². The zero-order valence-electron chi connectivity index (χ0n) is 23.8. The molecule has 2 N–H and O–H groups in total. The van der Waals surface area contributed by atoms with Crippen molar-refractivity contribution in [2.75, 3.05) is 12.3 Å². The molecule has 0 aliphatic heterocycles. The Kier molecular flexibility index (Phi) is 6.88. The van der Waals surface area contributed by atoms with Crippen LogP contribution in [0.3, 0.4) is 0 Å². The molecule has 0 unspecified atom stereocenters. The first-order valence-electron chi connectivity index (χ1n) is 13.7. The number of fused-ring (bicyclic) bond motifs is 4. The average molecular weight is 567 g/mol. The van der Waals surface area contributed by atoms with E-state index < -0.39 is 8.07 Å². The predicted octanol–water partition coefficient (Wildman–Crippen LogP) is 5.97. The molecule has 3 heterocycles. The standard InChI is InChI=1S/C31H34N6O3Si/c1-35-29-16-24(40-23-9-6-8-22(32)15-23)11-12-25(29)27-18-33-36(31(38)30(27)35)19-21-7-5-10-28-26(21)17-34-37(28)20-39-13-14-41(2,3)4/h5-12,15-18H,13-14,19-20,32H2,1-4H3. The highest BCUT2D eigenvalue weighted by atomic mass is 28.3. The van der Waals surface area contributed by atoms with Gasteiger partial charge in [-0.25, -0.2) is 9.36 Å². The number of rotatable bonds is 9. The number of benzene rings is 3. The van der Waals surface area contributed by atoms with Crippen LogP contribution in [0.5, 0.6) is 11.5 Å². The molecule has 0 saturated carbocycles. The van der Waals surface area contributed by atoms with Crippen LogP contribution in [0.15, 0.2) is 77.9 Å². The maximum atomic E-state index is 13.7. The zero-order chi connectivity index (χ0) is 28.7. The third-order valence-corrected chi connectivity index (χ3v) is 9.08. The molecule has 3 aromatic heterocycles. The summed E-state index contributed by atoms with van der Waals surface area (Å²) in [5.41, 5.74) is 9.80. The number of anilines is 1. The summed E-state index contributed by atoms with van der Waals surface area (Å²) in [5.74, 6) is 1.32. The largest absolute Gasteiger partial charge is 0.457 e. The van der Waals surface area contributed by atoms with Crippen LogP contribution in [-0.4, -0.2) is 38.8 Å². The van der Waals surface area contributed by atoms with Gasteiger partial charge in [0.05, 0.1) is 30.0 Å². The van der Waals surface area contributed by atoms with Gasteiger partial charge in [-0.05, 0) is 41.9 Å². The van der Waals surface area contributed by atoms with Crippen LogP contribution in [0.1, 0.15) is 5.56 Å². The highest BCUT2D eigenvalue weighted by Gasteiger charge is 2.17. The van der Waals surface area contributed by atoms with E-state index in [2.05, 4.69) is 29.8 Å². The molecule has 9 nitrogen and oxygen atoms in total. The van der Waals surface area contributed by atoms with Gasteiger partial charge in [0.15, 0.2) is 0 Å². The van der Waals surface area contributed by atoms with Crippen LogP contribution >= 0.6 is 0 Å². The summed E-state index contributed by atoms with van der Waals surface area (Å²) in [7, 11) is 0.744. The Labute approximate surface area is 238 Å². The van der Waals surface area contributed by atoms with Crippen molar-refractivity contribution >= 4 is 46.5 Å². The third kappa shape index (κ3) is 5.35. The van der Waals surface area contributed by atoms with Crippen molar-refractivity contribution in [1.29, 1.82) is 0 Å². The molecular formula is C31H34N6O3Si. The van der Waals surface area contributed by atoms with E-state index in [1.807, 2.05) is 77.1 Å². The molecule has 6 rings (SSSR count). The topological polar surface area (TPSA) is 102 Å². The molecule has 210 valence electrons. The number of nitrogens with zero attached hydrogens (tertiary/aromatic N) is 5. The molecular weight excluding hydrogens is 532 g/mol. The predicted molar refractivity (Wildman–Crippen MR) is 166 cm³/mol. The lowest BCUT2D eigenvalue weighted by Gasteiger charge is -2.15. The number of hydrogen-bond donors (Lipinski definition) is 1. The maximum absolute atomic E-state index is 13.7. The number of hydrogen-bond acceptors (Lipinski definition) is 6. The number of nitrogens with two attached hydrogens (primary N) is 1. The Balaban J connectivity index is 1.29. The van der Waals surface area contributed by atoms with Gasteiger partial charge in [-0.2, -0.15) is 10.2 Å². The molecule has 0 amide bonds. The molecule has 3 aromatic carbocycles.